The quantitative estimate of drug-likeness (QED) is 0.461. The van der Waals surface area contributed by atoms with Crippen molar-refractivity contribution in [2.75, 3.05) is 18.5 Å². The van der Waals surface area contributed by atoms with Gasteiger partial charge in [0.25, 0.3) is 11.6 Å². The van der Waals surface area contributed by atoms with Gasteiger partial charge in [-0.2, -0.15) is 0 Å². The van der Waals surface area contributed by atoms with E-state index in [9.17, 15) is 14.9 Å². The molecule has 1 N–H and O–H groups in total. The first-order valence-corrected chi connectivity index (χ1v) is 8.03. The first-order chi connectivity index (χ1) is 12.2. The van der Waals surface area contributed by atoms with Crippen LogP contribution in [0.5, 0.6) is 5.88 Å². The fourth-order valence-corrected chi connectivity index (χ4v) is 1.96. The molecule has 0 atom stereocenters. The number of benzene rings is 1. The van der Waals surface area contributed by atoms with Gasteiger partial charge in [0.2, 0.25) is 5.88 Å². The lowest BCUT2D eigenvalue weighted by Gasteiger charge is -2.19. The van der Waals surface area contributed by atoms with Gasteiger partial charge in [-0.3, -0.25) is 14.9 Å². The van der Waals surface area contributed by atoms with Gasteiger partial charge in [0.1, 0.15) is 6.61 Å². The van der Waals surface area contributed by atoms with E-state index in [1.165, 1.54) is 30.5 Å². The third-order valence-corrected chi connectivity index (χ3v) is 3.20. The van der Waals surface area contributed by atoms with Gasteiger partial charge < -0.3 is 14.8 Å². The van der Waals surface area contributed by atoms with Crippen LogP contribution in [-0.2, 0) is 4.74 Å². The summed E-state index contributed by atoms with van der Waals surface area (Å²) in [6, 6.07) is 8.77. The smallest absolute Gasteiger partial charge is 0.269 e. The lowest BCUT2D eigenvalue weighted by Crippen LogP contribution is -2.22. The van der Waals surface area contributed by atoms with Crippen LogP contribution in [0.25, 0.3) is 0 Å². The maximum absolute atomic E-state index is 12.2. The number of carbonyl (C=O) groups excluding carboxylic acids is 1. The Bertz CT molecular complexity index is 752. The van der Waals surface area contributed by atoms with E-state index in [1.807, 2.05) is 20.8 Å². The molecule has 2 rings (SSSR count). The highest BCUT2D eigenvalue weighted by Gasteiger charge is 2.11. The van der Waals surface area contributed by atoms with Crippen LogP contribution in [0.15, 0.2) is 42.6 Å². The largest absolute Gasteiger partial charge is 0.475 e. The molecule has 1 heterocycles. The number of nitro benzene ring substituents is 1. The van der Waals surface area contributed by atoms with Crippen LogP contribution in [0.2, 0.25) is 0 Å². The van der Waals surface area contributed by atoms with Crippen molar-refractivity contribution in [3.05, 3.63) is 58.3 Å². The molecule has 1 amide bonds. The van der Waals surface area contributed by atoms with Crippen LogP contribution in [0, 0.1) is 10.1 Å². The van der Waals surface area contributed by atoms with Crippen molar-refractivity contribution in [2.45, 2.75) is 26.4 Å². The third kappa shape index (κ3) is 6.14. The summed E-state index contributed by atoms with van der Waals surface area (Å²) in [6.45, 7) is 6.68. The maximum Gasteiger partial charge on any atom is 0.269 e. The molecule has 0 bridgehead atoms. The van der Waals surface area contributed by atoms with E-state index in [0.717, 1.165) is 0 Å². The molecule has 1 aromatic heterocycles. The number of pyridine rings is 1. The van der Waals surface area contributed by atoms with Crippen LogP contribution in [-0.4, -0.2) is 34.6 Å². The van der Waals surface area contributed by atoms with E-state index in [-0.39, 0.29) is 17.2 Å². The minimum Gasteiger partial charge on any atom is -0.475 e. The zero-order chi connectivity index (χ0) is 19.2. The summed E-state index contributed by atoms with van der Waals surface area (Å²) in [5, 5.41) is 13.3. The Morgan fingerprint density at radius 2 is 1.85 bits per heavy atom. The maximum atomic E-state index is 12.2. The number of hydrogen-bond donors (Lipinski definition) is 1. The number of nitrogens with zero attached hydrogens (tertiary/aromatic N) is 2. The van der Waals surface area contributed by atoms with Gasteiger partial charge in [-0.15, -0.1) is 0 Å². The molecular weight excluding hydrogens is 338 g/mol. The molecule has 0 saturated heterocycles. The number of hydrogen-bond acceptors (Lipinski definition) is 6. The van der Waals surface area contributed by atoms with Crippen molar-refractivity contribution >= 4 is 17.3 Å². The SMILES string of the molecule is CC(C)(C)OCCOc1ccc(C(=O)Nc2ccc([N+](=O)[O-])cc2)cn1. The van der Waals surface area contributed by atoms with Crippen molar-refractivity contribution in [2.24, 2.45) is 0 Å². The van der Waals surface area contributed by atoms with Crippen LogP contribution < -0.4 is 10.1 Å². The summed E-state index contributed by atoms with van der Waals surface area (Å²) in [5.41, 5.74) is 0.542. The highest BCUT2D eigenvalue weighted by atomic mass is 16.6. The summed E-state index contributed by atoms with van der Waals surface area (Å²) in [5.74, 6) is 0.0309. The molecule has 0 aliphatic heterocycles. The molecule has 0 fully saturated rings. The minimum atomic E-state index is -0.499. The van der Waals surface area contributed by atoms with E-state index in [4.69, 9.17) is 9.47 Å². The highest BCUT2D eigenvalue weighted by molar-refractivity contribution is 6.04. The second-order valence-electron chi connectivity index (χ2n) is 6.45. The number of ether oxygens (including phenoxy) is 2. The standard InChI is InChI=1S/C18H21N3O5/c1-18(2,3)26-11-10-25-16-9-4-13(12-19-16)17(22)20-14-5-7-15(8-6-14)21(23)24/h4-9,12H,10-11H2,1-3H3,(H,20,22). The van der Waals surface area contributed by atoms with Crippen molar-refractivity contribution in [1.29, 1.82) is 0 Å². The van der Waals surface area contributed by atoms with Gasteiger partial charge in [0.05, 0.1) is 22.7 Å². The van der Waals surface area contributed by atoms with Crippen molar-refractivity contribution in [3.63, 3.8) is 0 Å². The Kier molecular flexibility index (Phi) is 6.24. The van der Waals surface area contributed by atoms with Gasteiger partial charge in [-0.05, 0) is 39.0 Å². The van der Waals surface area contributed by atoms with Crippen LogP contribution >= 0.6 is 0 Å². The van der Waals surface area contributed by atoms with Crippen molar-refractivity contribution in [3.8, 4) is 5.88 Å². The Morgan fingerprint density at radius 3 is 2.38 bits per heavy atom. The van der Waals surface area contributed by atoms with Gasteiger partial charge >= 0.3 is 0 Å². The van der Waals surface area contributed by atoms with Gasteiger partial charge in [0.15, 0.2) is 0 Å². The van der Waals surface area contributed by atoms with Crippen molar-refractivity contribution in [1.82, 2.24) is 4.98 Å². The Labute approximate surface area is 151 Å². The molecule has 0 aliphatic carbocycles. The lowest BCUT2D eigenvalue weighted by molar-refractivity contribution is -0.384. The number of carbonyl (C=O) groups is 1. The molecule has 0 radical (unpaired) electrons. The normalized spacial score (nSPS) is 11.0. The van der Waals surface area contributed by atoms with Gasteiger partial charge in [-0.1, -0.05) is 0 Å². The number of amides is 1. The van der Waals surface area contributed by atoms with E-state index in [0.29, 0.717) is 30.3 Å². The molecule has 138 valence electrons. The molecule has 2 aromatic rings. The van der Waals surface area contributed by atoms with Crippen LogP contribution in [0.1, 0.15) is 31.1 Å². The summed E-state index contributed by atoms with van der Waals surface area (Å²) < 4.78 is 11.0. The summed E-state index contributed by atoms with van der Waals surface area (Å²) in [7, 11) is 0. The molecular formula is C18H21N3O5. The van der Waals surface area contributed by atoms with E-state index < -0.39 is 4.92 Å². The second-order valence-corrected chi connectivity index (χ2v) is 6.45. The molecule has 8 heteroatoms. The molecule has 0 saturated carbocycles. The molecule has 0 spiro atoms. The average Bonchev–Trinajstić information content (AvgIpc) is 2.59. The van der Waals surface area contributed by atoms with Gasteiger partial charge in [0, 0.05) is 30.1 Å². The molecule has 8 nitrogen and oxygen atoms in total. The first kappa shape index (κ1) is 19.3. The van der Waals surface area contributed by atoms with E-state index >= 15 is 0 Å². The van der Waals surface area contributed by atoms with Crippen LogP contribution in [0.3, 0.4) is 0 Å². The number of aromatic nitrogens is 1. The zero-order valence-electron chi connectivity index (χ0n) is 14.9. The summed E-state index contributed by atoms with van der Waals surface area (Å²) >= 11 is 0. The number of anilines is 1. The fourth-order valence-electron chi connectivity index (χ4n) is 1.96. The predicted octanol–water partition coefficient (Wildman–Crippen LogP) is 3.44. The van der Waals surface area contributed by atoms with Gasteiger partial charge in [-0.25, -0.2) is 4.98 Å². The molecule has 0 aliphatic rings. The average molecular weight is 359 g/mol. The minimum absolute atomic E-state index is 0.0402. The Balaban J connectivity index is 1.87. The number of rotatable bonds is 7. The third-order valence-electron chi connectivity index (χ3n) is 3.20. The zero-order valence-corrected chi connectivity index (χ0v) is 14.9. The van der Waals surface area contributed by atoms with E-state index in [2.05, 4.69) is 10.3 Å². The first-order valence-electron chi connectivity index (χ1n) is 8.03. The predicted molar refractivity (Wildman–Crippen MR) is 96.5 cm³/mol. The topological polar surface area (TPSA) is 104 Å². The number of nitro groups is 1. The molecule has 1 aromatic carbocycles. The summed E-state index contributed by atoms with van der Waals surface area (Å²) in [6.07, 6.45) is 1.40. The monoisotopic (exact) mass is 359 g/mol. The Morgan fingerprint density at radius 1 is 1.15 bits per heavy atom. The summed E-state index contributed by atoms with van der Waals surface area (Å²) in [4.78, 5) is 26.4. The molecule has 0 unspecified atom stereocenters. The fraction of sp³-hybridized carbons (Fsp3) is 0.333. The van der Waals surface area contributed by atoms with Crippen molar-refractivity contribution < 1.29 is 19.2 Å². The van der Waals surface area contributed by atoms with Crippen LogP contribution in [0.4, 0.5) is 11.4 Å². The number of nitrogens with one attached hydrogen (secondary N) is 1. The Hall–Kier alpha value is -3.00. The number of non-ortho nitro benzene ring substituents is 1. The van der Waals surface area contributed by atoms with E-state index in [1.54, 1.807) is 12.1 Å². The molecule has 26 heavy (non-hydrogen) atoms. The highest BCUT2D eigenvalue weighted by Crippen LogP contribution is 2.16. The second kappa shape index (κ2) is 8.39. The lowest BCUT2D eigenvalue weighted by atomic mass is 10.2.